The van der Waals surface area contributed by atoms with Crippen molar-refractivity contribution in [2.45, 2.75) is 31.8 Å². The van der Waals surface area contributed by atoms with Gasteiger partial charge in [0.2, 0.25) is 0 Å². The van der Waals surface area contributed by atoms with Crippen LogP contribution < -0.4 is 11.1 Å². The number of anilines is 2. The summed E-state index contributed by atoms with van der Waals surface area (Å²) in [4.78, 5) is 16.8. The molecule has 1 aliphatic rings. The van der Waals surface area contributed by atoms with Crippen LogP contribution in [-0.4, -0.2) is 44.0 Å². The number of nitrogens with one attached hydrogen (secondary N) is 1. The Balaban J connectivity index is 1.53. The first-order valence-corrected chi connectivity index (χ1v) is 11.2. The summed E-state index contributed by atoms with van der Waals surface area (Å²) in [6, 6.07) is 4.23. The maximum atomic E-state index is 13.9. The number of pyridine rings is 1. The number of nitrogens with two attached hydrogens (primary N) is 1. The minimum absolute atomic E-state index is 0.0413. The normalized spacial score (nSPS) is 15.5. The minimum Gasteiger partial charge on any atom is -0.465 e. The molecule has 1 atom stereocenters. The number of amides is 1. The van der Waals surface area contributed by atoms with Crippen LogP contribution in [-0.2, 0) is 0 Å². The SMILES string of the molecule is CC(Nc1cc(-c2cnn(C3CCN(C(=O)O)CC3)c2)cnc1N)c1c(Cl)ccc(F)c1Cl. The van der Waals surface area contributed by atoms with Gasteiger partial charge in [-0.25, -0.2) is 14.2 Å². The van der Waals surface area contributed by atoms with Crippen LogP contribution in [0.5, 0.6) is 0 Å². The number of nitrogens with zero attached hydrogens (tertiary/aromatic N) is 4. The zero-order chi connectivity index (χ0) is 23.7. The van der Waals surface area contributed by atoms with Gasteiger partial charge in [0.1, 0.15) is 11.6 Å². The van der Waals surface area contributed by atoms with Crippen molar-refractivity contribution in [1.29, 1.82) is 0 Å². The summed E-state index contributed by atoms with van der Waals surface area (Å²) in [6.07, 6.45) is 5.82. The Morgan fingerprint density at radius 1 is 1.27 bits per heavy atom. The Bertz CT molecular complexity index is 1180. The summed E-state index contributed by atoms with van der Waals surface area (Å²) in [6.45, 7) is 2.77. The molecule has 0 saturated carbocycles. The predicted octanol–water partition coefficient (Wildman–Crippen LogP) is 5.46. The van der Waals surface area contributed by atoms with Crippen molar-refractivity contribution in [3.05, 3.63) is 58.2 Å². The fourth-order valence-electron chi connectivity index (χ4n) is 4.00. The Morgan fingerprint density at radius 3 is 2.70 bits per heavy atom. The lowest BCUT2D eigenvalue weighted by Gasteiger charge is -2.30. The van der Waals surface area contributed by atoms with Gasteiger partial charge in [-0.2, -0.15) is 5.10 Å². The summed E-state index contributed by atoms with van der Waals surface area (Å²) in [5.41, 5.74) is 8.70. The highest BCUT2D eigenvalue weighted by molar-refractivity contribution is 6.36. The molecule has 4 N–H and O–H groups in total. The summed E-state index contributed by atoms with van der Waals surface area (Å²) in [5.74, 6) is -0.270. The van der Waals surface area contributed by atoms with Crippen LogP contribution in [0.25, 0.3) is 11.1 Å². The molecule has 4 rings (SSSR count). The first-order chi connectivity index (χ1) is 15.7. The summed E-state index contributed by atoms with van der Waals surface area (Å²) < 4.78 is 15.8. The van der Waals surface area contributed by atoms with Crippen LogP contribution in [0, 0.1) is 5.82 Å². The number of carbonyl (C=O) groups is 1. The van der Waals surface area contributed by atoms with Gasteiger partial charge in [-0.05, 0) is 38.0 Å². The van der Waals surface area contributed by atoms with Gasteiger partial charge in [0, 0.05) is 47.2 Å². The molecule has 1 saturated heterocycles. The fourth-order valence-corrected chi connectivity index (χ4v) is 4.70. The van der Waals surface area contributed by atoms with Gasteiger partial charge in [-0.15, -0.1) is 0 Å². The highest BCUT2D eigenvalue weighted by Gasteiger charge is 2.24. The van der Waals surface area contributed by atoms with E-state index in [0.717, 1.165) is 11.1 Å². The van der Waals surface area contributed by atoms with Crippen LogP contribution in [0.1, 0.15) is 37.4 Å². The van der Waals surface area contributed by atoms with E-state index in [1.807, 2.05) is 16.9 Å². The van der Waals surface area contributed by atoms with E-state index in [0.29, 0.717) is 42.2 Å². The number of nitrogen functional groups attached to an aromatic ring is 1. The van der Waals surface area contributed by atoms with Crippen LogP contribution in [0.4, 0.5) is 20.7 Å². The Hall–Kier alpha value is -3.04. The molecule has 1 aromatic carbocycles. The molecule has 0 bridgehead atoms. The average Bonchev–Trinajstić information content (AvgIpc) is 3.28. The molecule has 3 aromatic rings. The third-order valence-electron chi connectivity index (χ3n) is 5.85. The third kappa shape index (κ3) is 4.84. The van der Waals surface area contributed by atoms with Gasteiger partial charge in [-0.3, -0.25) is 4.68 Å². The molecule has 0 aliphatic carbocycles. The van der Waals surface area contributed by atoms with Crippen LogP contribution in [0.3, 0.4) is 0 Å². The van der Waals surface area contributed by atoms with E-state index >= 15 is 0 Å². The number of likely N-dealkylation sites (tertiary alicyclic amines) is 1. The number of carboxylic acid groups (broad SMARTS) is 1. The smallest absolute Gasteiger partial charge is 0.407 e. The molecule has 33 heavy (non-hydrogen) atoms. The van der Waals surface area contributed by atoms with Crippen molar-refractivity contribution in [3.8, 4) is 11.1 Å². The number of hydrogen-bond donors (Lipinski definition) is 3. The Morgan fingerprint density at radius 2 is 2.00 bits per heavy atom. The number of benzene rings is 1. The first kappa shape index (κ1) is 23.1. The number of hydrogen-bond acceptors (Lipinski definition) is 5. The predicted molar refractivity (Wildman–Crippen MR) is 126 cm³/mol. The van der Waals surface area contributed by atoms with Crippen molar-refractivity contribution in [2.75, 3.05) is 24.1 Å². The van der Waals surface area contributed by atoms with Crippen LogP contribution in [0.15, 0.2) is 36.8 Å². The summed E-state index contributed by atoms with van der Waals surface area (Å²) >= 11 is 12.4. The van der Waals surface area contributed by atoms with E-state index in [1.54, 1.807) is 19.3 Å². The van der Waals surface area contributed by atoms with Gasteiger partial charge in [0.15, 0.2) is 0 Å². The minimum atomic E-state index is -0.891. The largest absolute Gasteiger partial charge is 0.465 e. The molecule has 3 heterocycles. The van der Waals surface area contributed by atoms with Gasteiger partial charge in [0.05, 0.1) is 29.0 Å². The number of aromatic nitrogens is 3. The van der Waals surface area contributed by atoms with Gasteiger partial charge < -0.3 is 21.1 Å². The van der Waals surface area contributed by atoms with Gasteiger partial charge >= 0.3 is 6.09 Å². The second-order valence-corrected chi connectivity index (χ2v) is 8.77. The molecule has 1 aliphatic heterocycles. The molecule has 1 amide bonds. The fraction of sp³-hybridized carbons (Fsp3) is 0.318. The molecular weight excluding hydrogens is 470 g/mol. The van der Waals surface area contributed by atoms with Crippen LogP contribution in [0.2, 0.25) is 10.0 Å². The third-order valence-corrected chi connectivity index (χ3v) is 6.56. The lowest BCUT2D eigenvalue weighted by atomic mass is 10.1. The van der Waals surface area contributed by atoms with E-state index in [9.17, 15) is 9.18 Å². The van der Waals surface area contributed by atoms with Crippen LogP contribution >= 0.6 is 23.2 Å². The molecular formula is C22H23Cl2FN6O2. The maximum absolute atomic E-state index is 13.9. The molecule has 0 radical (unpaired) electrons. The second-order valence-electron chi connectivity index (χ2n) is 7.99. The van der Waals surface area contributed by atoms with Crippen molar-refractivity contribution in [1.82, 2.24) is 19.7 Å². The zero-order valence-corrected chi connectivity index (χ0v) is 19.3. The monoisotopic (exact) mass is 492 g/mol. The maximum Gasteiger partial charge on any atom is 0.407 e. The number of piperidine rings is 1. The standard InChI is InChI=1S/C22H23Cl2FN6O2/c1-12(19-16(23)2-3-17(25)20(19)24)29-18-8-13(9-27-21(18)26)14-10-28-31(11-14)15-4-6-30(7-5-15)22(32)33/h2-3,8-12,15,29H,4-7H2,1H3,(H2,26,27)(H,32,33). The van der Waals surface area contributed by atoms with E-state index < -0.39 is 18.0 Å². The molecule has 174 valence electrons. The first-order valence-electron chi connectivity index (χ1n) is 10.4. The number of halogens is 3. The van der Waals surface area contributed by atoms with E-state index in [1.165, 1.54) is 17.0 Å². The summed E-state index contributed by atoms with van der Waals surface area (Å²) in [5, 5.41) is 17.1. The molecule has 2 aromatic heterocycles. The summed E-state index contributed by atoms with van der Waals surface area (Å²) in [7, 11) is 0. The van der Waals surface area contributed by atoms with Crippen molar-refractivity contribution >= 4 is 40.8 Å². The Labute approximate surface area is 200 Å². The van der Waals surface area contributed by atoms with E-state index in [2.05, 4.69) is 15.4 Å². The van der Waals surface area contributed by atoms with Crippen molar-refractivity contribution < 1.29 is 14.3 Å². The van der Waals surface area contributed by atoms with Gasteiger partial charge in [0.25, 0.3) is 0 Å². The van der Waals surface area contributed by atoms with Gasteiger partial charge in [-0.1, -0.05) is 23.2 Å². The molecule has 0 spiro atoms. The lowest BCUT2D eigenvalue weighted by Crippen LogP contribution is -2.38. The second kappa shape index (κ2) is 9.44. The average molecular weight is 493 g/mol. The van der Waals surface area contributed by atoms with Crippen molar-refractivity contribution in [3.63, 3.8) is 0 Å². The number of rotatable bonds is 5. The molecule has 1 unspecified atom stereocenters. The quantitative estimate of drug-likeness (QED) is 0.407. The molecule has 8 nitrogen and oxygen atoms in total. The zero-order valence-electron chi connectivity index (χ0n) is 17.8. The highest BCUT2D eigenvalue weighted by atomic mass is 35.5. The Kier molecular flexibility index (Phi) is 6.62. The van der Waals surface area contributed by atoms with E-state index in [-0.39, 0.29) is 16.9 Å². The molecule has 11 heteroatoms. The highest BCUT2D eigenvalue weighted by Crippen LogP contribution is 2.36. The lowest BCUT2D eigenvalue weighted by molar-refractivity contribution is 0.124. The molecule has 1 fully saturated rings. The van der Waals surface area contributed by atoms with E-state index in [4.69, 9.17) is 34.0 Å². The topological polar surface area (TPSA) is 109 Å². The van der Waals surface area contributed by atoms with Crippen molar-refractivity contribution in [2.24, 2.45) is 0 Å².